The van der Waals surface area contributed by atoms with Crippen LogP contribution in [0.5, 0.6) is 0 Å². The van der Waals surface area contributed by atoms with Crippen LogP contribution in [0.4, 0.5) is 0 Å². The highest BCUT2D eigenvalue weighted by atomic mass is 32.2. The minimum atomic E-state index is -0.0631. The lowest BCUT2D eigenvalue weighted by Gasteiger charge is -2.16. The summed E-state index contributed by atoms with van der Waals surface area (Å²) in [7, 11) is 0. The summed E-state index contributed by atoms with van der Waals surface area (Å²) in [5.41, 5.74) is 2.84. The van der Waals surface area contributed by atoms with Crippen LogP contribution in [0.1, 0.15) is 28.8 Å². The Balaban J connectivity index is 1.79. The molecule has 0 aliphatic carbocycles. The van der Waals surface area contributed by atoms with Crippen molar-refractivity contribution < 1.29 is 4.79 Å². The van der Waals surface area contributed by atoms with Gasteiger partial charge in [-0.15, -0.1) is 11.3 Å². The zero-order chi connectivity index (χ0) is 19.8. The number of aromatic nitrogens is 2. The second-order valence-corrected chi connectivity index (χ2v) is 9.36. The molecule has 3 aromatic rings. The zero-order valence-electron chi connectivity index (χ0n) is 16.3. The summed E-state index contributed by atoms with van der Waals surface area (Å²) in [6, 6.07) is 7.85. The largest absolute Gasteiger partial charge is 0.342 e. The van der Waals surface area contributed by atoms with Crippen LogP contribution in [0.2, 0.25) is 0 Å². The van der Waals surface area contributed by atoms with Crippen molar-refractivity contribution in [3.63, 3.8) is 0 Å². The molecule has 3 heterocycles. The number of aryl methyl sites for hydroxylation is 3. The highest BCUT2D eigenvalue weighted by Crippen LogP contribution is 2.29. The maximum atomic E-state index is 13.4. The SMILES string of the molecule is Cc1ccc(-n2c(SCC(=O)N3CCCC3)nc3sc(C)c(C)c3c2=O)cc1. The van der Waals surface area contributed by atoms with Gasteiger partial charge in [-0.3, -0.25) is 14.2 Å². The third-order valence-electron chi connectivity index (χ3n) is 5.25. The van der Waals surface area contributed by atoms with Crippen LogP contribution in [-0.4, -0.2) is 39.2 Å². The third-order valence-corrected chi connectivity index (χ3v) is 7.27. The molecule has 0 N–H and O–H groups in total. The van der Waals surface area contributed by atoms with E-state index in [9.17, 15) is 9.59 Å². The number of thioether (sulfide) groups is 1. The number of fused-ring (bicyclic) bond motifs is 1. The lowest BCUT2D eigenvalue weighted by molar-refractivity contribution is -0.127. The average molecular weight is 414 g/mol. The van der Waals surface area contributed by atoms with Crippen molar-refractivity contribution in [3.8, 4) is 5.69 Å². The molecule has 4 rings (SSSR count). The van der Waals surface area contributed by atoms with Crippen LogP contribution in [0.15, 0.2) is 34.2 Å². The van der Waals surface area contributed by atoms with E-state index in [0.29, 0.717) is 16.3 Å². The summed E-state index contributed by atoms with van der Waals surface area (Å²) in [6.45, 7) is 7.67. The molecule has 1 amide bonds. The Kier molecular flexibility index (Phi) is 5.29. The number of hydrogen-bond acceptors (Lipinski definition) is 5. The van der Waals surface area contributed by atoms with E-state index in [-0.39, 0.29) is 11.5 Å². The van der Waals surface area contributed by atoms with Gasteiger partial charge in [-0.1, -0.05) is 29.5 Å². The molecule has 146 valence electrons. The van der Waals surface area contributed by atoms with Gasteiger partial charge in [0.2, 0.25) is 5.91 Å². The van der Waals surface area contributed by atoms with Crippen molar-refractivity contribution in [2.24, 2.45) is 0 Å². The first-order valence-corrected chi connectivity index (χ1v) is 11.3. The first-order valence-electron chi connectivity index (χ1n) is 9.46. The molecule has 0 spiro atoms. The fourth-order valence-electron chi connectivity index (χ4n) is 3.48. The summed E-state index contributed by atoms with van der Waals surface area (Å²) in [6.07, 6.45) is 2.14. The minimum absolute atomic E-state index is 0.0631. The number of thiophene rings is 1. The zero-order valence-corrected chi connectivity index (χ0v) is 18.0. The Bertz CT molecular complexity index is 1090. The van der Waals surface area contributed by atoms with E-state index in [2.05, 4.69) is 0 Å². The van der Waals surface area contributed by atoms with Gasteiger partial charge in [-0.25, -0.2) is 4.98 Å². The average Bonchev–Trinajstić information content (AvgIpc) is 3.30. The summed E-state index contributed by atoms with van der Waals surface area (Å²) >= 11 is 2.89. The predicted octanol–water partition coefficient (Wildman–Crippen LogP) is 4.09. The van der Waals surface area contributed by atoms with Crippen molar-refractivity contribution in [2.75, 3.05) is 18.8 Å². The fraction of sp³-hybridized carbons (Fsp3) is 0.381. The van der Waals surface area contributed by atoms with Gasteiger partial charge in [0.25, 0.3) is 5.56 Å². The molecule has 1 fully saturated rings. The first kappa shape index (κ1) is 19.2. The van der Waals surface area contributed by atoms with Crippen molar-refractivity contribution in [1.29, 1.82) is 0 Å². The number of carbonyl (C=O) groups is 1. The fourth-order valence-corrected chi connectivity index (χ4v) is 5.46. The molecular weight excluding hydrogens is 390 g/mol. The van der Waals surface area contributed by atoms with Gasteiger partial charge in [0, 0.05) is 18.0 Å². The van der Waals surface area contributed by atoms with Crippen molar-refractivity contribution in [3.05, 3.63) is 50.6 Å². The molecule has 0 unspecified atom stereocenters. The van der Waals surface area contributed by atoms with E-state index >= 15 is 0 Å². The third kappa shape index (κ3) is 3.49. The van der Waals surface area contributed by atoms with Crippen LogP contribution < -0.4 is 5.56 Å². The molecule has 0 saturated carbocycles. The van der Waals surface area contributed by atoms with Crippen LogP contribution in [0.25, 0.3) is 15.9 Å². The van der Waals surface area contributed by atoms with Gasteiger partial charge in [-0.05, 0) is 51.3 Å². The highest BCUT2D eigenvalue weighted by molar-refractivity contribution is 7.99. The van der Waals surface area contributed by atoms with Crippen LogP contribution in [0, 0.1) is 20.8 Å². The van der Waals surface area contributed by atoms with Gasteiger partial charge >= 0.3 is 0 Å². The summed E-state index contributed by atoms with van der Waals surface area (Å²) in [5.74, 6) is 0.415. The van der Waals surface area contributed by atoms with Gasteiger partial charge < -0.3 is 4.90 Å². The summed E-state index contributed by atoms with van der Waals surface area (Å²) in [4.78, 5) is 34.4. The van der Waals surface area contributed by atoms with Gasteiger partial charge in [0.05, 0.1) is 16.8 Å². The number of nitrogens with zero attached hydrogens (tertiary/aromatic N) is 3. The van der Waals surface area contributed by atoms with E-state index in [1.807, 2.05) is 49.9 Å². The molecule has 1 saturated heterocycles. The maximum absolute atomic E-state index is 13.4. The van der Waals surface area contributed by atoms with Crippen molar-refractivity contribution in [1.82, 2.24) is 14.5 Å². The Hall–Kier alpha value is -2.12. The molecule has 1 aliphatic rings. The normalized spacial score (nSPS) is 14.2. The standard InChI is InChI=1S/C21H23N3O2S2/c1-13-6-8-16(9-7-13)24-20(26)18-14(2)15(3)28-19(18)22-21(24)27-12-17(25)23-10-4-5-11-23/h6-9H,4-5,10-12H2,1-3H3. The van der Waals surface area contributed by atoms with Crippen LogP contribution in [0.3, 0.4) is 0 Å². The number of carbonyl (C=O) groups excluding carboxylic acids is 1. The molecule has 1 aliphatic heterocycles. The molecule has 0 bridgehead atoms. The number of amides is 1. The summed E-state index contributed by atoms with van der Waals surface area (Å²) < 4.78 is 1.66. The molecule has 1 aromatic carbocycles. The van der Waals surface area contributed by atoms with Gasteiger partial charge in [0.1, 0.15) is 4.83 Å². The molecular formula is C21H23N3O2S2. The molecule has 0 atom stereocenters. The predicted molar refractivity (Wildman–Crippen MR) is 116 cm³/mol. The smallest absolute Gasteiger partial charge is 0.267 e. The second kappa shape index (κ2) is 7.72. The monoisotopic (exact) mass is 413 g/mol. The Morgan fingerprint density at radius 1 is 1.14 bits per heavy atom. The number of likely N-dealkylation sites (tertiary alicyclic amines) is 1. The van der Waals surface area contributed by atoms with Crippen LogP contribution >= 0.6 is 23.1 Å². The number of hydrogen-bond donors (Lipinski definition) is 0. The number of rotatable bonds is 4. The van der Waals surface area contributed by atoms with Gasteiger partial charge in [0.15, 0.2) is 5.16 Å². The quantitative estimate of drug-likeness (QED) is 0.478. The van der Waals surface area contributed by atoms with Crippen molar-refractivity contribution >= 4 is 39.2 Å². The van der Waals surface area contributed by atoms with Crippen molar-refractivity contribution in [2.45, 2.75) is 38.8 Å². The number of benzene rings is 1. The Morgan fingerprint density at radius 3 is 2.50 bits per heavy atom. The molecule has 2 aromatic heterocycles. The Morgan fingerprint density at radius 2 is 1.82 bits per heavy atom. The topological polar surface area (TPSA) is 55.2 Å². The lowest BCUT2D eigenvalue weighted by Crippen LogP contribution is -2.29. The van der Waals surface area contributed by atoms with E-state index in [0.717, 1.165) is 52.5 Å². The second-order valence-electron chi connectivity index (χ2n) is 7.21. The summed E-state index contributed by atoms with van der Waals surface area (Å²) in [5, 5.41) is 1.26. The Labute approximate surface area is 172 Å². The molecule has 7 heteroatoms. The molecule has 28 heavy (non-hydrogen) atoms. The maximum Gasteiger partial charge on any atom is 0.267 e. The molecule has 5 nitrogen and oxygen atoms in total. The van der Waals surface area contributed by atoms with Gasteiger partial charge in [-0.2, -0.15) is 0 Å². The lowest BCUT2D eigenvalue weighted by atomic mass is 10.2. The van der Waals surface area contributed by atoms with E-state index in [1.54, 1.807) is 4.57 Å². The minimum Gasteiger partial charge on any atom is -0.342 e. The first-order chi connectivity index (χ1) is 13.5. The van der Waals surface area contributed by atoms with Crippen LogP contribution in [-0.2, 0) is 4.79 Å². The van der Waals surface area contributed by atoms with E-state index < -0.39 is 0 Å². The highest BCUT2D eigenvalue weighted by Gasteiger charge is 2.21. The van der Waals surface area contributed by atoms with E-state index in [1.165, 1.54) is 23.1 Å². The van der Waals surface area contributed by atoms with E-state index in [4.69, 9.17) is 4.98 Å². The molecule has 0 radical (unpaired) electrons.